The highest BCUT2D eigenvalue weighted by molar-refractivity contribution is 4.96. The molecule has 1 unspecified atom stereocenters. The zero-order chi connectivity index (χ0) is 5.98. The molecular weight excluding hydrogens is 100 g/mol. The molecule has 0 aliphatic heterocycles. The van der Waals surface area contributed by atoms with Gasteiger partial charge in [0, 0.05) is 0 Å². The first kappa shape index (κ1) is 5.67. The van der Waals surface area contributed by atoms with Crippen LogP contribution in [0.1, 0.15) is 26.2 Å². The summed E-state index contributed by atoms with van der Waals surface area (Å²) in [6.07, 6.45) is 4.91. The summed E-state index contributed by atoms with van der Waals surface area (Å²) >= 11 is 0. The third-order valence-electron chi connectivity index (χ3n) is 1.55. The van der Waals surface area contributed by atoms with Crippen LogP contribution in [0.3, 0.4) is 0 Å². The first-order valence-electron chi connectivity index (χ1n) is 3.17. The van der Waals surface area contributed by atoms with Crippen molar-refractivity contribution in [2.24, 2.45) is 5.92 Å². The normalized spacial score (nSPS) is 29.6. The first-order valence-corrected chi connectivity index (χ1v) is 3.17. The van der Waals surface area contributed by atoms with Crippen LogP contribution in [0.15, 0.2) is 11.8 Å². The summed E-state index contributed by atoms with van der Waals surface area (Å²) in [5.41, 5.74) is 0. The van der Waals surface area contributed by atoms with Gasteiger partial charge < -0.3 is 5.11 Å². The van der Waals surface area contributed by atoms with E-state index in [-0.39, 0.29) is 0 Å². The number of allylic oxidation sites excluding steroid dienone is 2. The summed E-state index contributed by atoms with van der Waals surface area (Å²) < 4.78 is 0. The molecule has 0 radical (unpaired) electrons. The minimum Gasteiger partial charge on any atom is -0.876 e. The summed E-state index contributed by atoms with van der Waals surface area (Å²) in [6, 6.07) is 0. The number of hydrogen-bond donors (Lipinski definition) is 0. The number of rotatable bonds is 0. The van der Waals surface area contributed by atoms with Crippen LogP contribution in [0.4, 0.5) is 0 Å². The van der Waals surface area contributed by atoms with Crippen molar-refractivity contribution in [2.45, 2.75) is 26.2 Å². The van der Waals surface area contributed by atoms with Crippen molar-refractivity contribution in [3.8, 4) is 0 Å². The van der Waals surface area contributed by atoms with E-state index < -0.39 is 0 Å². The summed E-state index contributed by atoms with van der Waals surface area (Å²) in [5.74, 6) is 0.875. The lowest BCUT2D eigenvalue weighted by molar-refractivity contribution is -0.308. The predicted octanol–water partition coefficient (Wildman–Crippen LogP) is 1.05. The lowest BCUT2D eigenvalue weighted by Gasteiger charge is -2.20. The maximum Gasteiger partial charge on any atom is -0.0268 e. The fourth-order valence-corrected chi connectivity index (χ4v) is 1.08. The molecule has 0 heterocycles. The SMILES string of the molecule is CC1C=C([O-])CCC1. The Labute approximate surface area is 50.0 Å². The topological polar surface area (TPSA) is 23.1 Å². The van der Waals surface area contributed by atoms with E-state index in [4.69, 9.17) is 0 Å². The Balaban J connectivity index is 2.50. The molecule has 46 valence electrons. The molecule has 0 N–H and O–H groups in total. The minimum absolute atomic E-state index is 0.337. The van der Waals surface area contributed by atoms with E-state index in [1.54, 1.807) is 0 Å². The minimum atomic E-state index is 0.337. The molecule has 0 fully saturated rings. The molecule has 0 aromatic rings. The van der Waals surface area contributed by atoms with Crippen molar-refractivity contribution in [3.63, 3.8) is 0 Å². The van der Waals surface area contributed by atoms with Gasteiger partial charge in [0.2, 0.25) is 0 Å². The lowest BCUT2D eigenvalue weighted by Crippen LogP contribution is -2.10. The molecule has 0 saturated carbocycles. The molecule has 0 bridgehead atoms. The fraction of sp³-hybridized carbons (Fsp3) is 0.714. The summed E-state index contributed by atoms with van der Waals surface area (Å²) in [7, 11) is 0. The second-order valence-corrected chi connectivity index (χ2v) is 2.50. The van der Waals surface area contributed by atoms with E-state index in [2.05, 4.69) is 6.92 Å². The number of hydrogen-bond acceptors (Lipinski definition) is 1. The maximum absolute atomic E-state index is 10.6. The van der Waals surface area contributed by atoms with Gasteiger partial charge in [-0.05, 0) is 25.2 Å². The first-order chi connectivity index (χ1) is 3.79. The average molecular weight is 111 g/mol. The van der Waals surface area contributed by atoms with Crippen molar-refractivity contribution in [1.29, 1.82) is 0 Å². The molecule has 0 saturated heterocycles. The van der Waals surface area contributed by atoms with Crippen LogP contribution in [0.25, 0.3) is 0 Å². The van der Waals surface area contributed by atoms with Crippen molar-refractivity contribution < 1.29 is 5.11 Å². The van der Waals surface area contributed by atoms with Crippen LogP contribution < -0.4 is 5.11 Å². The van der Waals surface area contributed by atoms with E-state index in [9.17, 15) is 5.11 Å². The van der Waals surface area contributed by atoms with Gasteiger partial charge in [0.25, 0.3) is 0 Å². The highest BCUT2D eigenvalue weighted by atomic mass is 16.3. The summed E-state index contributed by atoms with van der Waals surface area (Å²) in [6.45, 7) is 2.09. The van der Waals surface area contributed by atoms with Gasteiger partial charge in [0.15, 0.2) is 0 Å². The third kappa shape index (κ3) is 1.25. The Morgan fingerprint density at radius 2 is 2.50 bits per heavy atom. The molecular formula is C7H11O-. The molecule has 1 heteroatoms. The van der Waals surface area contributed by atoms with E-state index in [1.807, 2.05) is 6.08 Å². The van der Waals surface area contributed by atoms with E-state index in [0.29, 0.717) is 11.7 Å². The van der Waals surface area contributed by atoms with Crippen LogP contribution in [0, 0.1) is 5.92 Å². The molecule has 1 nitrogen and oxygen atoms in total. The van der Waals surface area contributed by atoms with Gasteiger partial charge >= 0.3 is 0 Å². The average Bonchev–Trinajstić information content (AvgIpc) is 1.64. The van der Waals surface area contributed by atoms with Crippen LogP contribution in [0.5, 0.6) is 0 Å². The third-order valence-corrected chi connectivity index (χ3v) is 1.55. The molecule has 1 aliphatic rings. The van der Waals surface area contributed by atoms with Gasteiger partial charge in [0.05, 0.1) is 0 Å². The molecule has 1 aliphatic carbocycles. The van der Waals surface area contributed by atoms with Gasteiger partial charge in [-0.15, -0.1) is 5.76 Å². The van der Waals surface area contributed by atoms with Crippen LogP contribution in [-0.2, 0) is 0 Å². The molecule has 8 heavy (non-hydrogen) atoms. The van der Waals surface area contributed by atoms with Gasteiger partial charge in [-0.3, -0.25) is 0 Å². The highest BCUT2D eigenvalue weighted by Gasteiger charge is 2.01. The second-order valence-electron chi connectivity index (χ2n) is 2.50. The van der Waals surface area contributed by atoms with Crippen molar-refractivity contribution in [2.75, 3.05) is 0 Å². The molecule has 0 aromatic heterocycles. The summed E-state index contributed by atoms with van der Waals surface area (Å²) in [5, 5.41) is 10.6. The zero-order valence-electron chi connectivity index (χ0n) is 5.18. The molecule has 1 atom stereocenters. The van der Waals surface area contributed by atoms with Crippen LogP contribution >= 0.6 is 0 Å². The van der Waals surface area contributed by atoms with Gasteiger partial charge in [-0.1, -0.05) is 13.0 Å². The monoisotopic (exact) mass is 111 g/mol. The second kappa shape index (κ2) is 2.21. The molecule has 1 rings (SSSR count). The Hall–Kier alpha value is -0.460. The largest absolute Gasteiger partial charge is 0.876 e. The molecule has 0 spiro atoms. The van der Waals surface area contributed by atoms with Crippen molar-refractivity contribution in [3.05, 3.63) is 11.8 Å². The van der Waals surface area contributed by atoms with Gasteiger partial charge in [-0.2, -0.15) is 0 Å². The van der Waals surface area contributed by atoms with Crippen molar-refractivity contribution >= 4 is 0 Å². The van der Waals surface area contributed by atoms with Gasteiger partial charge in [-0.25, -0.2) is 0 Å². The summed E-state index contributed by atoms with van der Waals surface area (Å²) in [4.78, 5) is 0. The Morgan fingerprint density at radius 3 is 2.88 bits per heavy atom. The Kier molecular flexibility index (Phi) is 1.56. The Morgan fingerprint density at radius 1 is 1.75 bits per heavy atom. The zero-order valence-corrected chi connectivity index (χ0v) is 5.18. The maximum atomic E-state index is 10.6. The van der Waals surface area contributed by atoms with Gasteiger partial charge in [0.1, 0.15) is 0 Å². The Bertz CT molecular complexity index is 105. The fourth-order valence-electron chi connectivity index (χ4n) is 1.08. The standard InChI is InChI=1S/C7H12O/c1-6-3-2-4-7(8)5-6/h5-6,8H,2-4H2,1H3/p-1. The highest BCUT2D eigenvalue weighted by Crippen LogP contribution is 2.18. The smallest absolute Gasteiger partial charge is 0.0268 e. The quantitative estimate of drug-likeness (QED) is 0.458. The van der Waals surface area contributed by atoms with E-state index in [0.717, 1.165) is 12.8 Å². The van der Waals surface area contributed by atoms with E-state index in [1.165, 1.54) is 6.42 Å². The molecule has 0 aromatic carbocycles. The predicted molar refractivity (Wildman–Crippen MR) is 31.1 cm³/mol. The van der Waals surface area contributed by atoms with E-state index >= 15 is 0 Å². The molecule has 0 amide bonds. The lowest BCUT2D eigenvalue weighted by atomic mass is 9.97. The van der Waals surface area contributed by atoms with Crippen LogP contribution in [-0.4, -0.2) is 0 Å². The van der Waals surface area contributed by atoms with Crippen LogP contribution in [0.2, 0.25) is 0 Å². The van der Waals surface area contributed by atoms with Crippen molar-refractivity contribution in [1.82, 2.24) is 0 Å².